The van der Waals surface area contributed by atoms with Gasteiger partial charge in [-0.2, -0.15) is 0 Å². The molecule has 2 aromatic heterocycles. The second-order valence-corrected chi connectivity index (χ2v) is 10.2. The summed E-state index contributed by atoms with van der Waals surface area (Å²) in [5.74, 6) is -1.56. The van der Waals surface area contributed by atoms with Gasteiger partial charge in [-0.25, -0.2) is 18.6 Å². The first-order valence-corrected chi connectivity index (χ1v) is 13.2. The van der Waals surface area contributed by atoms with Gasteiger partial charge in [0.1, 0.15) is 16.6 Å². The van der Waals surface area contributed by atoms with Crippen LogP contribution in [0.2, 0.25) is 0 Å². The van der Waals surface area contributed by atoms with Gasteiger partial charge < -0.3 is 5.73 Å². The van der Waals surface area contributed by atoms with E-state index in [4.69, 9.17) is 10.7 Å². The number of nitrogens with two attached hydrogens (primary N) is 1. The van der Waals surface area contributed by atoms with E-state index < -0.39 is 35.5 Å². The molecule has 0 radical (unpaired) electrons. The van der Waals surface area contributed by atoms with Crippen molar-refractivity contribution in [1.82, 2.24) is 14.1 Å². The second-order valence-electron chi connectivity index (χ2n) is 9.37. The van der Waals surface area contributed by atoms with Crippen LogP contribution in [0.5, 0.6) is 0 Å². The first kappa shape index (κ1) is 26.4. The SMILES string of the molecule is Cc1ccc(-c2nc(-c3c(C)n(Cc4c(F)cccc4F)c(=O)n(C[C@H](N)c4ccccc4)c3=O)cs2)cc1. The fourth-order valence-electron chi connectivity index (χ4n) is 4.50. The predicted octanol–water partition coefficient (Wildman–Crippen LogP) is 5.44. The summed E-state index contributed by atoms with van der Waals surface area (Å²) in [4.78, 5) is 32.2. The van der Waals surface area contributed by atoms with E-state index in [1.165, 1.54) is 22.0 Å². The number of hydrogen-bond donors (Lipinski definition) is 1. The molecule has 6 nitrogen and oxygen atoms in total. The lowest BCUT2D eigenvalue weighted by molar-refractivity contribution is 0.493. The minimum atomic E-state index is -0.781. The molecule has 0 bridgehead atoms. The Morgan fingerprint density at radius 2 is 1.56 bits per heavy atom. The Morgan fingerprint density at radius 3 is 2.23 bits per heavy atom. The summed E-state index contributed by atoms with van der Waals surface area (Å²) in [6, 6.07) is 19.8. The van der Waals surface area contributed by atoms with Crippen LogP contribution >= 0.6 is 11.3 Å². The van der Waals surface area contributed by atoms with E-state index in [1.807, 2.05) is 61.5 Å². The second kappa shape index (κ2) is 10.9. The Kier molecular flexibility index (Phi) is 7.36. The van der Waals surface area contributed by atoms with Crippen molar-refractivity contribution in [2.24, 2.45) is 5.73 Å². The van der Waals surface area contributed by atoms with Crippen LogP contribution in [0.4, 0.5) is 8.78 Å². The Hall–Kier alpha value is -4.21. The molecule has 1 atom stereocenters. The molecule has 39 heavy (non-hydrogen) atoms. The van der Waals surface area contributed by atoms with Gasteiger partial charge in [-0.3, -0.25) is 13.9 Å². The number of rotatable bonds is 7. The van der Waals surface area contributed by atoms with E-state index in [2.05, 4.69) is 0 Å². The highest BCUT2D eigenvalue weighted by molar-refractivity contribution is 7.13. The molecule has 2 heterocycles. The van der Waals surface area contributed by atoms with Crippen LogP contribution in [0.3, 0.4) is 0 Å². The third-order valence-electron chi connectivity index (χ3n) is 6.73. The number of nitrogens with zero attached hydrogens (tertiary/aromatic N) is 3. The molecule has 0 fully saturated rings. The highest BCUT2D eigenvalue weighted by Crippen LogP contribution is 2.29. The Labute approximate surface area is 227 Å². The maximum absolute atomic E-state index is 14.6. The molecule has 0 unspecified atom stereocenters. The zero-order valence-electron chi connectivity index (χ0n) is 21.4. The maximum Gasteiger partial charge on any atom is 0.331 e. The lowest BCUT2D eigenvalue weighted by atomic mass is 10.1. The summed E-state index contributed by atoms with van der Waals surface area (Å²) in [6.45, 7) is 3.06. The lowest BCUT2D eigenvalue weighted by Crippen LogP contribution is -2.44. The molecule has 2 N–H and O–H groups in total. The highest BCUT2D eigenvalue weighted by Gasteiger charge is 2.23. The number of benzene rings is 3. The predicted molar refractivity (Wildman–Crippen MR) is 150 cm³/mol. The zero-order valence-corrected chi connectivity index (χ0v) is 22.2. The quantitative estimate of drug-likeness (QED) is 0.296. The van der Waals surface area contributed by atoms with Crippen LogP contribution in [-0.4, -0.2) is 14.1 Å². The smallest absolute Gasteiger partial charge is 0.322 e. The van der Waals surface area contributed by atoms with E-state index >= 15 is 0 Å². The topological polar surface area (TPSA) is 82.9 Å². The fraction of sp³-hybridized carbons (Fsp3) is 0.167. The summed E-state index contributed by atoms with van der Waals surface area (Å²) in [6.07, 6.45) is 0. The van der Waals surface area contributed by atoms with E-state index in [0.717, 1.165) is 33.4 Å². The number of thiazole rings is 1. The van der Waals surface area contributed by atoms with Crippen molar-refractivity contribution in [2.75, 3.05) is 0 Å². The summed E-state index contributed by atoms with van der Waals surface area (Å²) in [5.41, 5.74) is 8.42. The molecule has 198 valence electrons. The van der Waals surface area contributed by atoms with Crippen LogP contribution in [0.25, 0.3) is 21.8 Å². The molecular formula is C30H26F2N4O2S. The average Bonchev–Trinajstić information content (AvgIpc) is 3.41. The summed E-state index contributed by atoms with van der Waals surface area (Å²) < 4.78 is 31.4. The van der Waals surface area contributed by atoms with Gasteiger partial charge in [0.15, 0.2) is 0 Å². The molecule has 9 heteroatoms. The van der Waals surface area contributed by atoms with Crippen LogP contribution in [0.1, 0.15) is 28.4 Å². The number of halogens is 2. The van der Waals surface area contributed by atoms with Crippen LogP contribution < -0.4 is 17.0 Å². The van der Waals surface area contributed by atoms with Crippen LogP contribution in [0, 0.1) is 25.5 Å². The molecule has 0 saturated carbocycles. The number of aryl methyl sites for hydroxylation is 1. The van der Waals surface area contributed by atoms with Crippen molar-refractivity contribution in [3.8, 4) is 21.8 Å². The van der Waals surface area contributed by atoms with Crippen molar-refractivity contribution in [1.29, 1.82) is 0 Å². The number of aromatic nitrogens is 3. The highest BCUT2D eigenvalue weighted by atomic mass is 32.1. The van der Waals surface area contributed by atoms with Crippen molar-refractivity contribution in [2.45, 2.75) is 33.0 Å². The van der Waals surface area contributed by atoms with Gasteiger partial charge >= 0.3 is 5.69 Å². The first-order chi connectivity index (χ1) is 18.7. The molecular weight excluding hydrogens is 518 g/mol. The zero-order chi connectivity index (χ0) is 27.7. The lowest BCUT2D eigenvalue weighted by Gasteiger charge is -2.19. The van der Waals surface area contributed by atoms with Crippen molar-refractivity contribution < 1.29 is 8.78 Å². The third-order valence-corrected chi connectivity index (χ3v) is 7.62. The Bertz CT molecular complexity index is 1740. The van der Waals surface area contributed by atoms with Crippen molar-refractivity contribution in [3.63, 3.8) is 0 Å². The van der Waals surface area contributed by atoms with Gasteiger partial charge in [-0.05, 0) is 31.5 Å². The van der Waals surface area contributed by atoms with Gasteiger partial charge in [-0.1, -0.05) is 66.2 Å². The van der Waals surface area contributed by atoms with Crippen molar-refractivity contribution in [3.05, 3.63) is 133 Å². The minimum absolute atomic E-state index is 0.121. The molecule has 0 saturated heterocycles. The molecule has 3 aromatic carbocycles. The Morgan fingerprint density at radius 1 is 0.897 bits per heavy atom. The first-order valence-electron chi connectivity index (χ1n) is 12.3. The average molecular weight is 545 g/mol. The molecule has 0 aliphatic carbocycles. The summed E-state index contributed by atoms with van der Waals surface area (Å²) in [5, 5.41) is 2.45. The molecule has 5 aromatic rings. The normalized spacial score (nSPS) is 12.0. The number of hydrogen-bond acceptors (Lipinski definition) is 5. The largest absolute Gasteiger partial charge is 0.331 e. The van der Waals surface area contributed by atoms with Crippen molar-refractivity contribution >= 4 is 11.3 Å². The maximum atomic E-state index is 14.6. The van der Waals surface area contributed by atoms with Gasteiger partial charge in [0.05, 0.1) is 24.3 Å². The summed E-state index contributed by atoms with van der Waals surface area (Å²) in [7, 11) is 0. The Balaban J connectivity index is 1.67. The van der Waals surface area contributed by atoms with Crippen LogP contribution in [-0.2, 0) is 13.1 Å². The van der Waals surface area contributed by atoms with Gasteiger partial charge in [0.2, 0.25) is 0 Å². The monoisotopic (exact) mass is 544 g/mol. The molecule has 0 amide bonds. The molecule has 5 rings (SSSR count). The van der Waals surface area contributed by atoms with E-state index in [0.29, 0.717) is 10.7 Å². The van der Waals surface area contributed by atoms with Gasteiger partial charge in [0, 0.05) is 28.2 Å². The molecule has 0 aliphatic heterocycles. The van der Waals surface area contributed by atoms with Gasteiger partial charge in [0.25, 0.3) is 5.56 Å². The molecule has 0 spiro atoms. The van der Waals surface area contributed by atoms with E-state index in [9.17, 15) is 18.4 Å². The third kappa shape index (κ3) is 5.23. The van der Waals surface area contributed by atoms with E-state index in [-0.39, 0.29) is 23.4 Å². The van der Waals surface area contributed by atoms with Gasteiger partial charge in [-0.15, -0.1) is 11.3 Å². The fourth-order valence-corrected chi connectivity index (χ4v) is 5.32. The minimum Gasteiger partial charge on any atom is -0.322 e. The van der Waals surface area contributed by atoms with Crippen LogP contribution in [0.15, 0.2) is 87.8 Å². The molecule has 0 aliphatic rings. The van der Waals surface area contributed by atoms with E-state index in [1.54, 1.807) is 12.3 Å². The standard InChI is InChI=1S/C30H26F2N4O2S/c1-18-11-13-21(14-12-18)28-34-26(17-39-28)27-19(2)35(15-22-23(31)9-6-10-24(22)32)30(38)36(29(27)37)16-25(33)20-7-4-3-5-8-20/h3-14,17,25H,15-16,33H2,1-2H3/t25-/m0/s1. The summed E-state index contributed by atoms with van der Waals surface area (Å²) >= 11 is 1.36.